The van der Waals surface area contributed by atoms with E-state index in [1.165, 1.54) is 14.2 Å². The van der Waals surface area contributed by atoms with Gasteiger partial charge in [0.2, 0.25) is 0 Å². The molecule has 2 aromatic carbocycles. The van der Waals surface area contributed by atoms with Gasteiger partial charge in [-0.05, 0) is 24.6 Å². The van der Waals surface area contributed by atoms with Gasteiger partial charge in [-0.15, -0.1) is 0 Å². The van der Waals surface area contributed by atoms with E-state index >= 15 is 0 Å². The Labute approximate surface area is 175 Å². The number of ether oxygens (including phenoxy) is 2. The van der Waals surface area contributed by atoms with Crippen LogP contribution in [0.1, 0.15) is 54.6 Å². The number of carbonyl (C=O) groups excluding carboxylic acids is 2. The monoisotopic (exact) mass is 410 g/mol. The first-order chi connectivity index (χ1) is 14.5. The van der Waals surface area contributed by atoms with Gasteiger partial charge < -0.3 is 14.6 Å². The van der Waals surface area contributed by atoms with Crippen LogP contribution in [0.15, 0.2) is 36.4 Å². The Morgan fingerprint density at radius 2 is 1.63 bits per heavy atom. The van der Waals surface area contributed by atoms with Gasteiger partial charge in [0.05, 0.1) is 48.4 Å². The molecule has 3 rings (SSSR count). The second-order valence-corrected chi connectivity index (χ2v) is 7.17. The molecule has 2 atom stereocenters. The summed E-state index contributed by atoms with van der Waals surface area (Å²) in [7, 11) is 2.64. The zero-order valence-corrected chi connectivity index (χ0v) is 17.4. The quantitative estimate of drug-likeness (QED) is 0.341. The Morgan fingerprint density at radius 1 is 0.967 bits per heavy atom. The summed E-state index contributed by atoms with van der Waals surface area (Å²) < 4.78 is 9.77. The number of nitrogens with zero attached hydrogens (tertiary/aromatic N) is 2. The lowest BCUT2D eigenvalue weighted by atomic mass is 9.90. The van der Waals surface area contributed by atoms with Gasteiger partial charge in [-0.2, -0.15) is 0 Å². The third-order valence-electron chi connectivity index (χ3n) is 5.25. The molecule has 0 saturated carbocycles. The van der Waals surface area contributed by atoms with Gasteiger partial charge in [-0.3, -0.25) is 4.79 Å². The second kappa shape index (κ2) is 9.63. The molecule has 0 bridgehead atoms. The summed E-state index contributed by atoms with van der Waals surface area (Å²) >= 11 is 0. The van der Waals surface area contributed by atoms with Crippen molar-refractivity contribution in [2.75, 3.05) is 14.2 Å². The van der Waals surface area contributed by atoms with Gasteiger partial charge in [0.15, 0.2) is 0 Å². The molecule has 1 heterocycles. The van der Waals surface area contributed by atoms with Gasteiger partial charge in [0.25, 0.3) is 0 Å². The number of unbranched alkanes of at least 4 members (excludes halogenated alkanes) is 2. The third-order valence-corrected chi connectivity index (χ3v) is 5.25. The first-order valence-corrected chi connectivity index (χ1v) is 10.0. The van der Waals surface area contributed by atoms with E-state index in [0.717, 1.165) is 19.3 Å². The molecule has 158 valence electrons. The molecule has 0 saturated heterocycles. The van der Waals surface area contributed by atoms with Crippen LogP contribution >= 0.6 is 0 Å². The van der Waals surface area contributed by atoms with Crippen molar-refractivity contribution in [3.63, 3.8) is 0 Å². The Kier molecular flexibility index (Phi) is 6.95. The number of aromatic nitrogens is 2. The molecule has 3 aromatic rings. The summed E-state index contributed by atoms with van der Waals surface area (Å²) in [4.78, 5) is 33.7. The fourth-order valence-electron chi connectivity index (χ4n) is 3.64. The number of esters is 2. The molecule has 0 fully saturated rings. The molecule has 1 N–H and O–H groups in total. The third kappa shape index (κ3) is 4.26. The SMILES string of the molecule is CCCCCC(C(=O)OC)C(O)c1cccc2nc3c(C(=O)OC)cccc3nc12. The van der Waals surface area contributed by atoms with E-state index in [2.05, 4.69) is 16.9 Å². The van der Waals surface area contributed by atoms with Crippen LogP contribution in [0, 0.1) is 5.92 Å². The van der Waals surface area contributed by atoms with Crippen molar-refractivity contribution >= 4 is 34.0 Å². The fraction of sp³-hybridized carbons (Fsp3) is 0.391. The fourth-order valence-corrected chi connectivity index (χ4v) is 3.64. The van der Waals surface area contributed by atoms with Crippen LogP contribution in [0.3, 0.4) is 0 Å². The van der Waals surface area contributed by atoms with Gasteiger partial charge in [0.1, 0.15) is 5.52 Å². The number of rotatable bonds is 8. The zero-order chi connectivity index (χ0) is 21.7. The van der Waals surface area contributed by atoms with Crippen molar-refractivity contribution in [1.29, 1.82) is 0 Å². The van der Waals surface area contributed by atoms with Crippen LogP contribution in [-0.2, 0) is 14.3 Å². The van der Waals surface area contributed by atoms with Crippen molar-refractivity contribution in [1.82, 2.24) is 9.97 Å². The smallest absolute Gasteiger partial charge is 0.340 e. The molecule has 0 radical (unpaired) electrons. The average molecular weight is 410 g/mol. The Bertz CT molecular complexity index is 1070. The minimum absolute atomic E-state index is 0.322. The summed E-state index contributed by atoms with van der Waals surface area (Å²) in [6.07, 6.45) is 2.24. The standard InChI is InChI=1S/C23H26N2O5/c1-4-5-6-9-16(23(28)30-3)21(26)14-10-7-12-17-19(14)24-18-13-8-11-15(20(18)25-17)22(27)29-2/h7-8,10-13,16,21,26H,4-6,9H2,1-3H3. The number of hydrogen-bond acceptors (Lipinski definition) is 7. The summed E-state index contributed by atoms with van der Waals surface area (Å²) in [6, 6.07) is 10.3. The van der Waals surface area contributed by atoms with Crippen molar-refractivity contribution < 1.29 is 24.2 Å². The maximum absolute atomic E-state index is 12.4. The molecule has 7 nitrogen and oxygen atoms in total. The Balaban J connectivity index is 2.10. The van der Waals surface area contributed by atoms with Gasteiger partial charge in [0, 0.05) is 5.56 Å². The van der Waals surface area contributed by atoms with Crippen LogP contribution in [0.5, 0.6) is 0 Å². The molecule has 0 spiro atoms. The molecule has 1 aromatic heterocycles. The molecule has 0 aliphatic carbocycles. The lowest BCUT2D eigenvalue weighted by molar-refractivity contribution is -0.150. The number of carbonyl (C=O) groups is 2. The molecule has 0 aliphatic heterocycles. The lowest BCUT2D eigenvalue weighted by Crippen LogP contribution is -2.24. The highest BCUT2D eigenvalue weighted by molar-refractivity contribution is 6.03. The highest BCUT2D eigenvalue weighted by atomic mass is 16.5. The van der Waals surface area contributed by atoms with E-state index in [0.29, 0.717) is 39.6 Å². The molecule has 2 unspecified atom stereocenters. The van der Waals surface area contributed by atoms with E-state index in [1.807, 2.05) is 0 Å². The lowest BCUT2D eigenvalue weighted by Gasteiger charge is -2.22. The number of fused-ring (bicyclic) bond motifs is 2. The zero-order valence-electron chi connectivity index (χ0n) is 17.4. The predicted molar refractivity (Wildman–Crippen MR) is 113 cm³/mol. The summed E-state index contributed by atoms with van der Waals surface area (Å²) in [5.74, 6) is -1.63. The van der Waals surface area contributed by atoms with E-state index < -0.39 is 24.0 Å². The van der Waals surface area contributed by atoms with Crippen LogP contribution in [0.4, 0.5) is 0 Å². The maximum atomic E-state index is 12.4. The molecular formula is C23H26N2O5. The number of methoxy groups -OCH3 is 2. The van der Waals surface area contributed by atoms with E-state index in [9.17, 15) is 14.7 Å². The van der Waals surface area contributed by atoms with E-state index in [-0.39, 0.29) is 0 Å². The highest BCUT2D eigenvalue weighted by Gasteiger charge is 2.30. The topological polar surface area (TPSA) is 98.6 Å². The van der Waals surface area contributed by atoms with Crippen molar-refractivity contribution in [3.8, 4) is 0 Å². The molecular weight excluding hydrogens is 384 g/mol. The number of hydrogen-bond donors (Lipinski definition) is 1. The number of aliphatic hydroxyl groups is 1. The van der Waals surface area contributed by atoms with Crippen LogP contribution in [-0.4, -0.2) is 41.2 Å². The van der Waals surface area contributed by atoms with E-state index in [4.69, 9.17) is 9.47 Å². The highest BCUT2D eigenvalue weighted by Crippen LogP contribution is 2.32. The van der Waals surface area contributed by atoms with Crippen molar-refractivity contribution in [2.45, 2.75) is 38.7 Å². The summed E-state index contributed by atoms with van der Waals surface area (Å²) in [5, 5.41) is 11.1. The van der Waals surface area contributed by atoms with Crippen LogP contribution < -0.4 is 0 Å². The Morgan fingerprint density at radius 3 is 2.30 bits per heavy atom. The average Bonchev–Trinajstić information content (AvgIpc) is 2.78. The molecule has 7 heteroatoms. The first kappa shape index (κ1) is 21.6. The molecule has 30 heavy (non-hydrogen) atoms. The number of benzene rings is 2. The Hall–Kier alpha value is -3.06. The largest absolute Gasteiger partial charge is 0.469 e. The molecule has 0 amide bonds. The van der Waals surface area contributed by atoms with Gasteiger partial charge in [-0.25, -0.2) is 14.8 Å². The minimum atomic E-state index is -1.08. The van der Waals surface area contributed by atoms with Gasteiger partial charge in [-0.1, -0.05) is 44.4 Å². The predicted octanol–water partition coefficient (Wildman–Crippen LogP) is 3.97. The number of aliphatic hydroxyl groups excluding tert-OH is 1. The summed E-state index contributed by atoms with van der Waals surface area (Å²) in [6.45, 7) is 2.08. The number of para-hydroxylation sites is 2. The summed E-state index contributed by atoms with van der Waals surface area (Å²) in [5.41, 5.74) is 2.78. The van der Waals surface area contributed by atoms with Crippen molar-refractivity contribution in [2.24, 2.45) is 5.92 Å². The minimum Gasteiger partial charge on any atom is -0.469 e. The molecule has 0 aliphatic rings. The maximum Gasteiger partial charge on any atom is 0.340 e. The second-order valence-electron chi connectivity index (χ2n) is 7.17. The van der Waals surface area contributed by atoms with Crippen LogP contribution in [0.25, 0.3) is 22.1 Å². The van der Waals surface area contributed by atoms with Gasteiger partial charge >= 0.3 is 11.9 Å². The van der Waals surface area contributed by atoms with E-state index in [1.54, 1.807) is 36.4 Å². The van der Waals surface area contributed by atoms with Crippen LogP contribution in [0.2, 0.25) is 0 Å². The normalized spacial score (nSPS) is 13.2. The first-order valence-electron chi connectivity index (χ1n) is 10.0. The van der Waals surface area contributed by atoms with Crippen molar-refractivity contribution in [3.05, 3.63) is 47.5 Å².